The highest BCUT2D eigenvalue weighted by Gasteiger charge is 2.35. The summed E-state index contributed by atoms with van der Waals surface area (Å²) in [5.41, 5.74) is 0.852. The van der Waals surface area contributed by atoms with Crippen molar-refractivity contribution in [2.75, 3.05) is 19.6 Å². The lowest BCUT2D eigenvalue weighted by atomic mass is 10.1. The van der Waals surface area contributed by atoms with Gasteiger partial charge in [0.25, 0.3) is 5.91 Å². The van der Waals surface area contributed by atoms with Crippen molar-refractivity contribution in [1.29, 1.82) is 0 Å². The van der Waals surface area contributed by atoms with Gasteiger partial charge >= 0.3 is 0 Å². The molecule has 1 fully saturated rings. The molecule has 0 N–H and O–H groups in total. The number of hydrogen-bond acceptors (Lipinski definition) is 5. The van der Waals surface area contributed by atoms with Crippen molar-refractivity contribution in [2.45, 2.75) is 31.7 Å². The van der Waals surface area contributed by atoms with Crippen LogP contribution in [0.3, 0.4) is 0 Å². The average molecular weight is 343 g/mol. The molecule has 1 atom stereocenters. The predicted octanol–water partition coefficient (Wildman–Crippen LogP) is 3.50. The van der Waals surface area contributed by atoms with Gasteiger partial charge in [0, 0.05) is 11.3 Å². The number of hydrogen-bond donors (Lipinski definition) is 0. The molecule has 2 aliphatic heterocycles. The first kappa shape index (κ1) is 15.6. The lowest BCUT2D eigenvalue weighted by Crippen LogP contribution is -2.40. The third-order valence-electron chi connectivity index (χ3n) is 4.65. The molecule has 0 aromatic carbocycles. The smallest absolute Gasteiger partial charge is 0.257 e. The Morgan fingerprint density at radius 1 is 1.25 bits per heavy atom. The minimum Gasteiger partial charge on any atom is -0.463 e. The Morgan fingerprint density at radius 3 is 2.83 bits per heavy atom. The van der Waals surface area contributed by atoms with E-state index in [1.807, 2.05) is 23.6 Å². The minimum atomic E-state index is -0.0117. The number of piperidine rings is 1. The lowest BCUT2D eigenvalue weighted by Gasteiger charge is -2.28. The second-order valence-corrected chi connectivity index (χ2v) is 7.31. The van der Waals surface area contributed by atoms with Crippen molar-refractivity contribution in [3.05, 3.63) is 46.5 Å². The molecule has 4 rings (SSSR count). The van der Waals surface area contributed by atoms with Gasteiger partial charge in [0.2, 0.25) is 0 Å². The third-order valence-corrected chi connectivity index (χ3v) is 5.62. The van der Waals surface area contributed by atoms with Gasteiger partial charge in [0.05, 0.1) is 18.8 Å². The van der Waals surface area contributed by atoms with Crippen molar-refractivity contribution >= 4 is 23.0 Å². The molecule has 24 heavy (non-hydrogen) atoms. The van der Waals surface area contributed by atoms with Crippen LogP contribution < -0.4 is 0 Å². The van der Waals surface area contributed by atoms with Gasteiger partial charge in [-0.1, -0.05) is 12.5 Å². The molecule has 2 aliphatic rings. The third kappa shape index (κ3) is 3.16. The second-order valence-electron chi connectivity index (χ2n) is 6.33. The van der Waals surface area contributed by atoms with Crippen LogP contribution in [-0.4, -0.2) is 41.2 Å². The van der Waals surface area contributed by atoms with Crippen LogP contribution in [0.1, 0.15) is 42.4 Å². The first-order valence-electron chi connectivity index (χ1n) is 8.50. The maximum absolute atomic E-state index is 12.9. The lowest BCUT2D eigenvalue weighted by molar-refractivity contribution is -0.134. The zero-order chi connectivity index (χ0) is 16.4. The molecule has 0 bridgehead atoms. The highest BCUT2D eigenvalue weighted by Crippen LogP contribution is 2.35. The number of hydrazone groups is 1. The Balaban J connectivity index is 1.55. The SMILES string of the molecule is O=C(CN1CCCCC1)N1N=C(c2ccco2)C[C@H]1c1cccs1. The summed E-state index contributed by atoms with van der Waals surface area (Å²) in [5.74, 6) is 0.835. The van der Waals surface area contributed by atoms with E-state index in [4.69, 9.17) is 4.42 Å². The Bertz CT molecular complexity index is 703. The van der Waals surface area contributed by atoms with Crippen LogP contribution >= 0.6 is 11.3 Å². The molecule has 0 radical (unpaired) electrons. The number of amides is 1. The van der Waals surface area contributed by atoms with E-state index in [0.29, 0.717) is 13.0 Å². The van der Waals surface area contributed by atoms with Gasteiger partial charge in [-0.3, -0.25) is 9.69 Å². The number of carbonyl (C=O) groups excluding carboxylic acids is 1. The van der Waals surface area contributed by atoms with Gasteiger partial charge < -0.3 is 4.42 Å². The molecule has 0 aliphatic carbocycles. The monoisotopic (exact) mass is 343 g/mol. The van der Waals surface area contributed by atoms with Gasteiger partial charge in [-0.05, 0) is 49.5 Å². The minimum absolute atomic E-state index is 0.0117. The number of likely N-dealkylation sites (tertiary alicyclic amines) is 1. The number of rotatable bonds is 4. The van der Waals surface area contributed by atoms with Gasteiger partial charge in [-0.2, -0.15) is 5.10 Å². The van der Waals surface area contributed by atoms with E-state index in [1.165, 1.54) is 24.1 Å². The van der Waals surface area contributed by atoms with E-state index >= 15 is 0 Å². The van der Waals surface area contributed by atoms with E-state index in [1.54, 1.807) is 22.6 Å². The summed E-state index contributed by atoms with van der Waals surface area (Å²) in [6.45, 7) is 2.48. The molecule has 0 unspecified atom stereocenters. The van der Waals surface area contributed by atoms with Crippen LogP contribution in [0.4, 0.5) is 0 Å². The number of nitrogens with zero attached hydrogens (tertiary/aromatic N) is 3. The summed E-state index contributed by atoms with van der Waals surface area (Å²) in [5, 5.41) is 8.35. The van der Waals surface area contributed by atoms with Crippen LogP contribution in [0.2, 0.25) is 0 Å². The molecular formula is C18H21N3O2S. The van der Waals surface area contributed by atoms with Crippen molar-refractivity contribution in [2.24, 2.45) is 5.10 Å². The molecule has 1 amide bonds. The fourth-order valence-electron chi connectivity index (χ4n) is 3.42. The van der Waals surface area contributed by atoms with Crippen molar-refractivity contribution < 1.29 is 9.21 Å². The summed E-state index contributed by atoms with van der Waals surface area (Å²) in [6.07, 6.45) is 5.99. The maximum atomic E-state index is 12.9. The maximum Gasteiger partial charge on any atom is 0.257 e. The summed E-state index contributed by atoms with van der Waals surface area (Å²) in [4.78, 5) is 16.3. The quantitative estimate of drug-likeness (QED) is 0.854. The summed E-state index contributed by atoms with van der Waals surface area (Å²) in [6, 6.07) is 7.86. The molecule has 2 aromatic rings. The van der Waals surface area contributed by atoms with E-state index in [2.05, 4.69) is 16.1 Å². The Morgan fingerprint density at radius 2 is 2.12 bits per heavy atom. The summed E-state index contributed by atoms with van der Waals surface area (Å²) >= 11 is 1.68. The number of carbonyl (C=O) groups is 1. The molecule has 1 saturated heterocycles. The normalized spacial score (nSPS) is 21.9. The number of furan rings is 1. The predicted molar refractivity (Wildman–Crippen MR) is 94.1 cm³/mol. The second kappa shape index (κ2) is 6.91. The summed E-state index contributed by atoms with van der Waals surface area (Å²) in [7, 11) is 0. The highest BCUT2D eigenvalue weighted by molar-refractivity contribution is 7.10. The van der Waals surface area contributed by atoms with Gasteiger partial charge in [-0.15, -0.1) is 11.3 Å². The van der Waals surface area contributed by atoms with Crippen LogP contribution in [-0.2, 0) is 4.79 Å². The topological polar surface area (TPSA) is 49.1 Å². The van der Waals surface area contributed by atoms with Crippen LogP contribution in [0.15, 0.2) is 45.4 Å². The molecule has 6 heteroatoms. The Labute approximate surface area is 145 Å². The summed E-state index contributed by atoms with van der Waals surface area (Å²) < 4.78 is 5.49. The van der Waals surface area contributed by atoms with E-state index in [9.17, 15) is 4.79 Å². The van der Waals surface area contributed by atoms with E-state index in [0.717, 1.165) is 24.6 Å². The fourth-order valence-corrected chi connectivity index (χ4v) is 4.23. The molecule has 126 valence electrons. The van der Waals surface area contributed by atoms with E-state index in [-0.39, 0.29) is 11.9 Å². The Kier molecular flexibility index (Phi) is 4.49. The first-order chi connectivity index (χ1) is 11.8. The molecular weight excluding hydrogens is 322 g/mol. The van der Waals surface area contributed by atoms with Crippen LogP contribution in [0, 0.1) is 0 Å². The fraction of sp³-hybridized carbons (Fsp3) is 0.444. The average Bonchev–Trinajstić information content (AvgIpc) is 3.35. The number of thiophene rings is 1. The molecule has 0 saturated carbocycles. The molecule has 2 aromatic heterocycles. The van der Waals surface area contributed by atoms with Crippen LogP contribution in [0.25, 0.3) is 0 Å². The highest BCUT2D eigenvalue weighted by atomic mass is 32.1. The van der Waals surface area contributed by atoms with Gasteiger partial charge in [0.1, 0.15) is 11.5 Å². The molecule has 0 spiro atoms. The largest absolute Gasteiger partial charge is 0.463 e. The van der Waals surface area contributed by atoms with E-state index < -0.39 is 0 Å². The van der Waals surface area contributed by atoms with Gasteiger partial charge in [-0.25, -0.2) is 5.01 Å². The zero-order valence-electron chi connectivity index (χ0n) is 13.6. The zero-order valence-corrected chi connectivity index (χ0v) is 14.4. The van der Waals surface area contributed by atoms with Crippen molar-refractivity contribution in [3.63, 3.8) is 0 Å². The standard InChI is InChI=1S/C18H21N3O2S/c22-18(13-20-8-2-1-3-9-20)21-15(17-7-5-11-24-17)12-14(19-21)16-6-4-10-23-16/h4-7,10-11,15H,1-3,8-9,12-13H2/t15-/m0/s1. The van der Waals surface area contributed by atoms with Crippen molar-refractivity contribution in [3.8, 4) is 0 Å². The van der Waals surface area contributed by atoms with Crippen molar-refractivity contribution in [1.82, 2.24) is 9.91 Å². The molecule has 5 nitrogen and oxygen atoms in total. The van der Waals surface area contributed by atoms with Crippen LogP contribution in [0.5, 0.6) is 0 Å². The van der Waals surface area contributed by atoms with Gasteiger partial charge in [0.15, 0.2) is 0 Å². The first-order valence-corrected chi connectivity index (χ1v) is 9.38. The Hall–Kier alpha value is -1.92. The molecule has 4 heterocycles.